The van der Waals surface area contributed by atoms with Crippen LogP contribution in [0.15, 0.2) is 18.2 Å². The summed E-state index contributed by atoms with van der Waals surface area (Å²) in [5, 5.41) is 19.3. The van der Waals surface area contributed by atoms with Gasteiger partial charge in [-0.05, 0) is 13.0 Å². The van der Waals surface area contributed by atoms with Crippen molar-refractivity contribution < 1.29 is 10.3 Å². The summed E-state index contributed by atoms with van der Waals surface area (Å²) < 4.78 is 0. The first kappa shape index (κ1) is 9.03. The minimum Gasteiger partial charge on any atom is -0.508 e. The smallest absolute Gasteiger partial charge is 0.120 e. The molecule has 1 aromatic rings. The van der Waals surface area contributed by atoms with E-state index in [2.05, 4.69) is 0 Å². The van der Waals surface area contributed by atoms with Gasteiger partial charge in [0.05, 0.1) is 6.54 Å². The Labute approximate surface area is 71.8 Å². The molecule has 2 N–H and O–H groups in total. The van der Waals surface area contributed by atoms with Crippen LogP contribution in [0.3, 0.4) is 0 Å². The van der Waals surface area contributed by atoms with E-state index in [1.807, 2.05) is 19.1 Å². The summed E-state index contributed by atoms with van der Waals surface area (Å²) in [5.74, 6) is 0.224. The van der Waals surface area contributed by atoms with Crippen LogP contribution in [0.2, 0.25) is 0 Å². The third-order valence-corrected chi connectivity index (χ3v) is 1.63. The Kier molecular flexibility index (Phi) is 2.68. The second-order valence-electron chi connectivity index (χ2n) is 2.95. The predicted molar refractivity (Wildman–Crippen MR) is 46.1 cm³/mol. The maximum absolute atomic E-state index is 9.35. The van der Waals surface area contributed by atoms with Gasteiger partial charge in [0, 0.05) is 12.6 Å². The van der Waals surface area contributed by atoms with E-state index < -0.39 is 0 Å². The van der Waals surface area contributed by atoms with Gasteiger partial charge in [-0.3, -0.25) is 0 Å². The third kappa shape index (κ3) is 2.22. The molecule has 0 amide bonds. The summed E-state index contributed by atoms with van der Waals surface area (Å²) in [7, 11) is 1.54. The van der Waals surface area contributed by atoms with Crippen molar-refractivity contribution in [2.24, 2.45) is 0 Å². The van der Waals surface area contributed by atoms with Crippen molar-refractivity contribution in [1.29, 1.82) is 0 Å². The van der Waals surface area contributed by atoms with E-state index in [0.717, 1.165) is 16.2 Å². The molecule has 12 heavy (non-hydrogen) atoms. The molecule has 0 spiro atoms. The largest absolute Gasteiger partial charge is 0.508 e. The molecule has 0 saturated carbocycles. The SMILES string of the molecule is Cc1ccc(O)c(CN(C)O)c1. The minimum atomic E-state index is 0.224. The molecule has 1 rings (SSSR count). The number of hydroxylamine groups is 2. The fourth-order valence-corrected chi connectivity index (χ4v) is 1.09. The van der Waals surface area contributed by atoms with Gasteiger partial charge in [0.25, 0.3) is 0 Å². The Bertz CT molecular complexity index is 271. The van der Waals surface area contributed by atoms with Crippen LogP contribution in [-0.4, -0.2) is 22.4 Å². The predicted octanol–water partition coefficient (Wildman–Crippen LogP) is 1.52. The lowest BCUT2D eigenvalue weighted by atomic mass is 10.1. The first-order chi connectivity index (χ1) is 5.59. The quantitative estimate of drug-likeness (QED) is 0.656. The molecule has 0 aliphatic rings. The monoisotopic (exact) mass is 167 g/mol. The van der Waals surface area contributed by atoms with Crippen molar-refractivity contribution in [2.45, 2.75) is 13.5 Å². The molecule has 66 valence electrons. The second-order valence-corrected chi connectivity index (χ2v) is 2.95. The third-order valence-electron chi connectivity index (χ3n) is 1.63. The van der Waals surface area contributed by atoms with Crippen LogP contribution in [0.4, 0.5) is 0 Å². The van der Waals surface area contributed by atoms with Gasteiger partial charge < -0.3 is 10.3 Å². The Balaban J connectivity index is 2.90. The molecule has 0 bridgehead atoms. The molecule has 0 atom stereocenters. The van der Waals surface area contributed by atoms with Crippen LogP contribution in [0.1, 0.15) is 11.1 Å². The summed E-state index contributed by atoms with van der Waals surface area (Å²) in [6, 6.07) is 5.31. The van der Waals surface area contributed by atoms with E-state index in [0.29, 0.717) is 6.54 Å². The van der Waals surface area contributed by atoms with Gasteiger partial charge in [-0.25, -0.2) is 0 Å². The van der Waals surface area contributed by atoms with Crippen LogP contribution in [0.5, 0.6) is 5.75 Å². The van der Waals surface area contributed by atoms with Gasteiger partial charge in [-0.15, -0.1) is 0 Å². The van der Waals surface area contributed by atoms with E-state index in [-0.39, 0.29) is 5.75 Å². The zero-order valence-electron chi connectivity index (χ0n) is 7.28. The van der Waals surface area contributed by atoms with Crippen LogP contribution in [-0.2, 0) is 6.54 Å². The molecule has 0 radical (unpaired) electrons. The van der Waals surface area contributed by atoms with Crippen molar-refractivity contribution >= 4 is 0 Å². The molecule has 0 saturated heterocycles. The van der Waals surface area contributed by atoms with E-state index in [1.54, 1.807) is 13.1 Å². The Morgan fingerprint density at radius 3 is 2.67 bits per heavy atom. The lowest BCUT2D eigenvalue weighted by molar-refractivity contribution is -0.0735. The highest BCUT2D eigenvalue weighted by Crippen LogP contribution is 2.18. The van der Waals surface area contributed by atoms with Crippen molar-refractivity contribution in [3.63, 3.8) is 0 Å². The van der Waals surface area contributed by atoms with Gasteiger partial charge in [-0.2, -0.15) is 5.06 Å². The number of hydrogen-bond acceptors (Lipinski definition) is 3. The number of phenolic OH excluding ortho intramolecular Hbond substituents is 1. The zero-order chi connectivity index (χ0) is 9.14. The normalized spacial score (nSPS) is 10.7. The molecule has 0 unspecified atom stereocenters. The maximum Gasteiger partial charge on any atom is 0.120 e. The number of nitrogens with zero attached hydrogens (tertiary/aromatic N) is 1. The molecular weight excluding hydrogens is 154 g/mol. The number of hydrogen-bond donors (Lipinski definition) is 2. The van der Waals surface area contributed by atoms with Crippen molar-refractivity contribution in [1.82, 2.24) is 5.06 Å². The molecular formula is C9H13NO2. The van der Waals surface area contributed by atoms with Gasteiger partial charge in [0.1, 0.15) is 5.75 Å². The highest BCUT2D eigenvalue weighted by atomic mass is 16.5. The summed E-state index contributed by atoms with van der Waals surface area (Å²) >= 11 is 0. The summed E-state index contributed by atoms with van der Waals surface area (Å²) in [6.07, 6.45) is 0. The molecule has 0 aliphatic carbocycles. The van der Waals surface area contributed by atoms with E-state index in [4.69, 9.17) is 5.21 Å². The summed E-state index contributed by atoms with van der Waals surface area (Å²) in [5.41, 5.74) is 1.81. The fourth-order valence-electron chi connectivity index (χ4n) is 1.09. The maximum atomic E-state index is 9.35. The van der Waals surface area contributed by atoms with E-state index in [9.17, 15) is 5.11 Å². The number of benzene rings is 1. The van der Waals surface area contributed by atoms with Crippen LogP contribution in [0, 0.1) is 6.92 Å². The van der Waals surface area contributed by atoms with Crippen LogP contribution < -0.4 is 0 Å². The average Bonchev–Trinajstić information content (AvgIpc) is 1.96. The average molecular weight is 167 g/mol. The van der Waals surface area contributed by atoms with Crippen LogP contribution in [0.25, 0.3) is 0 Å². The van der Waals surface area contributed by atoms with Gasteiger partial charge in [0.2, 0.25) is 0 Å². The second kappa shape index (κ2) is 3.56. The number of rotatable bonds is 2. The first-order valence-corrected chi connectivity index (χ1v) is 3.78. The highest BCUT2D eigenvalue weighted by Gasteiger charge is 2.02. The number of aryl methyl sites for hydroxylation is 1. The number of phenols is 1. The summed E-state index contributed by atoms with van der Waals surface area (Å²) in [4.78, 5) is 0. The van der Waals surface area contributed by atoms with Crippen molar-refractivity contribution in [3.8, 4) is 5.75 Å². The van der Waals surface area contributed by atoms with Gasteiger partial charge in [0.15, 0.2) is 0 Å². The molecule has 0 fully saturated rings. The van der Waals surface area contributed by atoms with Gasteiger partial charge >= 0.3 is 0 Å². The fraction of sp³-hybridized carbons (Fsp3) is 0.333. The standard InChI is InChI=1S/C9H13NO2/c1-7-3-4-9(11)8(5-7)6-10(2)12/h3-5,11-12H,6H2,1-2H3. The van der Waals surface area contributed by atoms with Crippen molar-refractivity contribution in [2.75, 3.05) is 7.05 Å². The molecule has 0 heterocycles. The molecule has 1 aromatic carbocycles. The highest BCUT2D eigenvalue weighted by molar-refractivity contribution is 5.35. The Morgan fingerprint density at radius 2 is 2.08 bits per heavy atom. The van der Waals surface area contributed by atoms with E-state index >= 15 is 0 Å². The summed E-state index contributed by atoms with van der Waals surface area (Å²) in [6.45, 7) is 2.29. The van der Waals surface area contributed by atoms with E-state index in [1.165, 1.54) is 0 Å². The molecule has 0 aromatic heterocycles. The minimum absolute atomic E-state index is 0.224. The van der Waals surface area contributed by atoms with Crippen molar-refractivity contribution in [3.05, 3.63) is 29.3 Å². The first-order valence-electron chi connectivity index (χ1n) is 3.78. The Hall–Kier alpha value is -1.06. The van der Waals surface area contributed by atoms with Crippen LogP contribution >= 0.6 is 0 Å². The molecule has 0 aliphatic heterocycles. The zero-order valence-corrected chi connectivity index (χ0v) is 7.28. The van der Waals surface area contributed by atoms with Gasteiger partial charge in [-0.1, -0.05) is 17.7 Å². The Morgan fingerprint density at radius 1 is 1.42 bits per heavy atom. The lowest BCUT2D eigenvalue weighted by Crippen LogP contribution is -2.11. The topological polar surface area (TPSA) is 43.7 Å². The molecule has 3 nitrogen and oxygen atoms in total. The number of aromatic hydroxyl groups is 1. The molecule has 3 heteroatoms. The lowest BCUT2D eigenvalue weighted by Gasteiger charge is -2.09.